The Labute approximate surface area is 204 Å². The highest BCUT2D eigenvalue weighted by Gasteiger charge is 2.34. The predicted molar refractivity (Wildman–Crippen MR) is 129 cm³/mol. The largest absolute Gasteiger partial charge is 0.428 e. The molecule has 0 saturated carbocycles. The molecular formula is C25H24ClF3N4O2. The topological polar surface area (TPSA) is 61.1 Å². The SMILES string of the molecule is CN1CCN(N=C2CC(c3ccc(C(F)(F)F)cc3)Cc3c2c(=O)c2cc(Cl)ccc2n3O)CC1. The van der Waals surface area contributed by atoms with Gasteiger partial charge in [0.15, 0.2) is 5.43 Å². The van der Waals surface area contributed by atoms with Crippen molar-refractivity contribution in [2.45, 2.75) is 24.9 Å². The number of halogens is 4. The van der Waals surface area contributed by atoms with E-state index in [1.54, 1.807) is 12.1 Å². The summed E-state index contributed by atoms with van der Waals surface area (Å²) in [6.07, 6.45) is -3.77. The number of hydrogen-bond donors (Lipinski definition) is 1. The molecule has 35 heavy (non-hydrogen) atoms. The molecule has 3 aromatic rings. The quantitative estimate of drug-likeness (QED) is 0.518. The second kappa shape index (κ2) is 8.87. The van der Waals surface area contributed by atoms with Crippen molar-refractivity contribution >= 4 is 28.2 Å². The summed E-state index contributed by atoms with van der Waals surface area (Å²) >= 11 is 6.13. The molecule has 1 saturated heterocycles. The summed E-state index contributed by atoms with van der Waals surface area (Å²) < 4.78 is 40.2. The second-order valence-corrected chi connectivity index (χ2v) is 9.59. The van der Waals surface area contributed by atoms with Gasteiger partial charge in [0.05, 0.1) is 33.4 Å². The minimum atomic E-state index is -4.42. The molecular weight excluding hydrogens is 481 g/mol. The van der Waals surface area contributed by atoms with Crippen LogP contribution in [0.1, 0.15) is 34.7 Å². The van der Waals surface area contributed by atoms with E-state index >= 15 is 0 Å². The monoisotopic (exact) mass is 504 g/mol. The first-order valence-electron chi connectivity index (χ1n) is 11.4. The Morgan fingerprint density at radius 1 is 1.03 bits per heavy atom. The van der Waals surface area contributed by atoms with E-state index in [1.165, 1.54) is 18.2 Å². The van der Waals surface area contributed by atoms with Crippen LogP contribution in [0.3, 0.4) is 0 Å². The number of rotatable bonds is 2. The first kappa shape index (κ1) is 23.7. The lowest BCUT2D eigenvalue weighted by molar-refractivity contribution is -0.137. The average Bonchev–Trinajstić information content (AvgIpc) is 2.83. The first-order chi connectivity index (χ1) is 16.6. The zero-order valence-corrected chi connectivity index (χ0v) is 19.8. The number of hydrazone groups is 1. The number of piperazine rings is 1. The fourth-order valence-electron chi connectivity index (χ4n) is 4.86. The van der Waals surface area contributed by atoms with E-state index in [0.29, 0.717) is 52.6 Å². The van der Waals surface area contributed by atoms with Crippen molar-refractivity contribution in [1.29, 1.82) is 0 Å². The smallest absolute Gasteiger partial charge is 0.416 e. The van der Waals surface area contributed by atoms with Gasteiger partial charge in [-0.1, -0.05) is 23.7 Å². The van der Waals surface area contributed by atoms with Crippen molar-refractivity contribution in [3.63, 3.8) is 0 Å². The zero-order chi connectivity index (χ0) is 24.9. The minimum absolute atomic E-state index is 0.251. The van der Waals surface area contributed by atoms with E-state index < -0.39 is 11.7 Å². The van der Waals surface area contributed by atoms with Crippen molar-refractivity contribution in [1.82, 2.24) is 14.6 Å². The molecule has 10 heteroatoms. The highest BCUT2D eigenvalue weighted by molar-refractivity contribution is 6.31. The molecule has 0 radical (unpaired) electrons. The fraction of sp³-hybridized carbons (Fsp3) is 0.360. The zero-order valence-electron chi connectivity index (χ0n) is 19.0. The van der Waals surface area contributed by atoms with Gasteiger partial charge < -0.3 is 10.1 Å². The molecule has 1 unspecified atom stereocenters. The van der Waals surface area contributed by atoms with Gasteiger partial charge in [-0.15, -0.1) is 0 Å². The summed E-state index contributed by atoms with van der Waals surface area (Å²) in [6.45, 7) is 3.02. The van der Waals surface area contributed by atoms with Crippen LogP contribution in [-0.2, 0) is 12.6 Å². The lowest BCUT2D eigenvalue weighted by Crippen LogP contribution is -2.43. The summed E-state index contributed by atoms with van der Waals surface area (Å²) in [6, 6.07) is 9.77. The van der Waals surface area contributed by atoms with Crippen LogP contribution in [0.4, 0.5) is 13.2 Å². The number of aromatic nitrogens is 1. The second-order valence-electron chi connectivity index (χ2n) is 9.15. The van der Waals surface area contributed by atoms with E-state index in [9.17, 15) is 23.2 Å². The summed E-state index contributed by atoms with van der Waals surface area (Å²) in [5, 5.41) is 18.5. The van der Waals surface area contributed by atoms with Gasteiger partial charge in [0, 0.05) is 31.2 Å². The van der Waals surface area contributed by atoms with Gasteiger partial charge >= 0.3 is 6.18 Å². The Morgan fingerprint density at radius 3 is 2.37 bits per heavy atom. The predicted octanol–water partition coefficient (Wildman–Crippen LogP) is 4.59. The molecule has 1 aliphatic heterocycles. The third kappa shape index (κ3) is 4.50. The Hall–Kier alpha value is -3.04. The summed E-state index contributed by atoms with van der Waals surface area (Å²) in [7, 11) is 2.03. The van der Waals surface area contributed by atoms with Gasteiger partial charge in [-0.3, -0.25) is 9.80 Å². The molecule has 0 amide bonds. The summed E-state index contributed by atoms with van der Waals surface area (Å²) in [5.74, 6) is -0.251. The van der Waals surface area contributed by atoms with Crippen LogP contribution in [0.25, 0.3) is 10.9 Å². The number of alkyl halides is 3. The molecule has 2 aromatic carbocycles. The number of benzene rings is 2. The van der Waals surface area contributed by atoms with Crippen LogP contribution in [0.2, 0.25) is 5.02 Å². The molecule has 1 atom stereocenters. The maximum atomic E-state index is 13.6. The molecule has 1 aromatic heterocycles. The number of nitrogens with zero attached hydrogens (tertiary/aromatic N) is 4. The third-order valence-corrected chi connectivity index (χ3v) is 7.06. The average molecular weight is 505 g/mol. The Bertz CT molecular complexity index is 1360. The van der Waals surface area contributed by atoms with E-state index in [4.69, 9.17) is 16.7 Å². The lowest BCUT2D eigenvalue weighted by Gasteiger charge is -2.33. The van der Waals surface area contributed by atoms with Crippen LogP contribution in [0.15, 0.2) is 52.4 Å². The van der Waals surface area contributed by atoms with Crippen molar-refractivity contribution in [3.8, 4) is 0 Å². The van der Waals surface area contributed by atoms with Crippen LogP contribution in [-0.4, -0.2) is 58.8 Å². The van der Waals surface area contributed by atoms with E-state index in [-0.39, 0.29) is 23.2 Å². The minimum Gasteiger partial charge on any atom is -0.428 e. The molecule has 184 valence electrons. The highest BCUT2D eigenvalue weighted by Crippen LogP contribution is 2.36. The van der Waals surface area contributed by atoms with Crippen molar-refractivity contribution in [2.75, 3.05) is 33.2 Å². The Morgan fingerprint density at radius 2 is 1.71 bits per heavy atom. The van der Waals surface area contributed by atoms with Gasteiger partial charge in [0.1, 0.15) is 0 Å². The van der Waals surface area contributed by atoms with Gasteiger partial charge in [0.2, 0.25) is 0 Å². The van der Waals surface area contributed by atoms with Crippen LogP contribution < -0.4 is 5.43 Å². The van der Waals surface area contributed by atoms with Crippen molar-refractivity contribution in [3.05, 3.63) is 80.1 Å². The van der Waals surface area contributed by atoms with Crippen LogP contribution in [0, 0.1) is 0 Å². The number of pyridine rings is 1. The molecule has 5 rings (SSSR count). The first-order valence-corrected chi connectivity index (χ1v) is 11.7. The third-order valence-electron chi connectivity index (χ3n) is 6.82. The fourth-order valence-corrected chi connectivity index (χ4v) is 5.03. The molecule has 1 fully saturated rings. The van der Waals surface area contributed by atoms with E-state index in [2.05, 4.69) is 4.90 Å². The normalized spacial score (nSPS) is 20.4. The molecule has 2 heterocycles. The van der Waals surface area contributed by atoms with Crippen LogP contribution in [0.5, 0.6) is 0 Å². The Balaban J connectivity index is 1.63. The molecule has 2 aliphatic rings. The standard InChI is InChI=1S/C25H24ClF3N4O2/c1-31-8-10-32(11-9-31)30-20-12-16(15-2-4-17(5-3-15)25(27,28)29)13-22-23(20)24(34)19-14-18(26)6-7-21(19)33(22)35/h2-7,14,16,35H,8-13H2,1H3. The van der Waals surface area contributed by atoms with E-state index in [1.807, 2.05) is 12.1 Å². The molecule has 1 aliphatic carbocycles. The van der Waals surface area contributed by atoms with Gasteiger partial charge in [-0.05, 0) is 61.7 Å². The number of hydrogen-bond acceptors (Lipinski definition) is 5. The molecule has 0 bridgehead atoms. The molecule has 0 spiro atoms. The molecule has 1 N–H and O–H groups in total. The lowest BCUT2D eigenvalue weighted by atomic mass is 9.80. The Kier molecular flexibility index (Phi) is 6.01. The summed E-state index contributed by atoms with van der Waals surface area (Å²) in [5.41, 5.74) is 1.30. The number of fused-ring (bicyclic) bond motifs is 2. The van der Waals surface area contributed by atoms with Crippen molar-refractivity contribution in [2.24, 2.45) is 5.10 Å². The van der Waals surface area contributed by atoms with Crippen LogP contribution >= 0.6 is 11.6 Å². The molecule has 6 nitrogen and oxygen atoms in total. The van der Waals surface area contributed by atoms with Gasteiger partial charge in [0.25, 0.3) is 0 Å². The van der Waals surface area contributed by atoms with Crippen molar-refractivity contribution < 1.29 is 18.4 Å². The maximum absolute atomic E-state index is 13.6. The van der Waals surface area contributed by atoms with E-state index in [0.717, 1.165) is 30.0 Å². The summed E-state index contributed by atoms with van der Waals surface area (Å²) in [4.78, 5) is 15.8. The number of likely N-dealkylation sites (N-methyl/N-ethyl adjacent to an activating group) is 1. The highest BCUT2D eigenvalue weighted by atomic mass is 35.5. The van der Waals surface area contributed by atoms with Gasteiger partial charge in [-0.2, -0.15) is 23.0 Å². The van der Waals surface area contributed by atoms with Gasteiger partial charge in [-0.25, -0.2) is 0 Å². The maximum Gasteiger partial charge on any atom is 0.416 e.